The number of piperidine rings is 1. The van der Waals surface area contributed by atoms with Gasteiger partial charge in [0.2, 0.25) is 0 Å². The number of rotatable bonds is 12. The molecule has 0 radical (unpaired) electrons. The van der Waals surface area contributed by atoms with E-state index in [1.165, 1.54) is 63.7 Å². The van der Waals surface area contributed by atoms with Crippen LogP contribution in [0.2, 0.25) is 0 Å². The molecule has 0 atom stereocenters. The number of hydrogen-bond donors (Lipinski definition) is 2. The van der Waals surface area contributed by atoms with Crippen LogP contribution in [0.15, 0.2) is 23.2 Å². The van der Waals surface area contributed by atoms with Gasteiger partial charge in [0.1, 0.15) is 12.4 Å². The third-order valence-corrected chi connectivity index (χ3v) is 5.33. The van der Waals surface area contributed by atoms with Gasteiger partial charge in [-0.25, -0.2) is 0 Å². The Morgan fingerprint density at radius 2 is 1.90 bits per heavy atom. The molecule has 0 bridgehead atoms. The zero-order valence-corrected chi connectivity index (χ0v) is 18.6. The van der Waals surface area contributed by atoms with Crippen LogP contribution in [0.3, 0.4) is 0 Å². The summed E-state index contributed by atoms with van der Waals surface area (Å²) in [4.78, 5) is 6.96. The van der Waals surface area contributed by atoms with Crippen LogP contribution in [0.5, 0.6) is 5.75 Å². The number of aliphatic imine (C=N–C) groups is 1. The summed E-state index contributed by atoms with van der Waals surface area (Å²) in [5.74, 6) is 1.74. The second-order valence-electron chi connectivity index (χ2n) is 7.77. The fourth-order valence-corrected chi connectivity index (χ4v) is 3.60. The second kappa shape index (κ2) is 14.2. The summed E-state index contributed by atoms with van der Waals surface area (Å²) in [6, 6.07) is 6.29. The number of methoxy groups -OCH3 is 1. The lowest BCUT2D eigenvalue weighted by atomic mass is 10.1. The van der Waals surface area contributed by atoms with Crippen molar-refractivity contribution in [2.45, 2.75) is 52.0 Å². The molecule has 0 saturated carbocycles. The van der Waals surface area contributed by atoms with Crippen molar-refractivity contribution in [3.63, 3.8) is 0 Å². The number of benzene rings is 1. The topological polar surface area (TPSA) is 58.1 Å². The molecular formula is C23H40N4O2. The van der Waals surface area contributed by atoms with Crippen LogP contribution in [0.4, 0.5) is 0 Å². The van der Waals surface area contributed by atoms with Gasteiger partial charge in [0.25, 0.3) is 0 Å². The lowest BCUT2D eigenvalue weighted by molar-refractivity contribution is 0.145. The SMILES string of the molecule is CN=C(NCCCCCN1CCCCC1)NCc1ccc(C)cc1OCCOC. The summed E-state index contributed by atoms with van der Waals surface area (Å²) < 4.78 is 11.0. The van der Waals surface area contributed by atoms with E-state index in [0.29, 0.717) is 19.8 Å². The summed E-state index contributed by atoms with van der Waals surface area (Å²) >= 11 is 0. The van der Waals surface area contributed by atoms with E-state index in [2.05, 4.69) is 45.6 Å². The number of guanidine groups is 1. The van der Waals surface area contributed by atoms with E-state index in [9.17, 15) is 0 Å². The number of nitrogens with zero attached hydrogens (tertiary/aromatic N) is 2. The molecule has 0 unspecified atom stereocenters. The van der Waals surface area contributed by atoms with Crippen molar-refractivity contribution in [2.75, 3.05) is 53.6 Å². The predicted octanol–water partition coefficient (Wildman–Crippen LogP) is 3.34. The van der Waals surface area contributed by atoms with E-state index >= 15 is 0 Å². The summed E-state index contributed by atoms with van der Waals surface area (Å²) in [7, 11) is 3.50. The van der Waals surface area contributed by atoms with Gasteiger partial charge in [-0.05, 0) is 63.9 Å². The van der Waals surface area contributed by atoms with Crippen molar-refractivity contribution in [2.24, 2.45) is 4.99 Å². The van der Waals surface area contributed by atoms with E-state index in [0.717, 1.165) is 23.8 Å². The largest absolute Gasteiger partial charge is 0.491 e. The number of ether oxygens (including phenoxy) is 2. The Morgan fingerprint density at radius 1 is 1.07 bits per heavy atom. The summed E-state index contributed by atoms with van der Waals surface area (Å²) in [6.07, 6.45) is 7.89. The molecule has 0 aromatic heterocycles. The van der Waals surface area contributed by atoms with E-state index in [1.54, 1.807) is 7.11 Å². The first-order valence-electron chi connectivity index (χ1n) is 11.1. The quantitative estimate of drug-likeness (QED) is 0.318. The van der Waals surface area contributed by atoms with Crippen molar-refractivity contribution < 1.29 is 9.47 Å². The maximum absolute atomic E-state index is 5.87. The maximum atomic E-state index is 5.87. The van der Waals surface area contributed by atoms with Gasteiger partial charge in [-0.1, -0.05) is 25.0 Å². The van der Waals surface area contributed by atoms with Crippen LogP contribution < -0.4 is 15.4 Å². The fourth-order valence-electron chi connectivity index (χ4n) is 3.60. The van der Waals surface area contributed by atoms with E-state index < -0.39 is 0 Å². The second-order valence-corrected chi connectivity index (χ2v) is 7.77. The van der Waals surface area contributed by atoms with Crippen molar-refractivity contribution in [3.8, 4) is 5.75 Å². The van der Waals surface area contributed by atoms with Crippen LogP contribution >= 0.6 is 0 Å². The van der Waals surface area contributed by atoms with Gasteiger partial charge in [-0.2, -0.15) is 0 Å². The smallest absolute Gasteiger partial charge is 0.191 e. The molecule has 2 rings (SSSR count). The first kappa shape index (κ1) is 23.5. The molecule has 1 fully saturated rings. The monoisotopic (exact) mass is 404 g/mol. The molecule has 0 spiro atoms. The number of likely N-dealkylation sites (tertiary alicyclic amines) is 1. The van der Waals surface area contributed by atoms with Gasteiger partial charge in [-0.3, -0.25) is 4.99 Å². The van der Waals surface area contributed by atoms with Gasteiger partial charge < -0.3 is 25.0 Å². The first-order valence-corrected chi connectivity index (χ1v) is 11.1. The summed E-state index contributed by atoms with van der Waals surface area (Å²) in [6.45, 7) is 8.69. The molecule has 6 heteroatoms. The Kier molecular flexibility index (Phi) is 11.5. The molecule has 164 valence electrons. The van der Waals surface area contributed by atoms with Crippen LogP contribution in [-0.2, 0) is 11.3 Å². The van der Waals surface area contributed by atoms with Gasteiger partial charge in [0, 0.05) is 32.8 Å². The average Bonchev–Trinajstić information content (AvgIpc) is 2.74. The van der Waals surface area contributed by atoms with Crippen molar-refractivity contribution in [1.29, 1.82) is 0 Å². The molecule has 1 aromatic carbocycles. The van der Waals surface area contributed by atoms with Crippen molar-refractivity contribution >= 4 is 5.96 Å². The molecule has 2 N–H and O–H groups in total. The molecule has 29 heavy (non-hydrogen) atoms. The summed E-state index contributed by atoms with van der Waals surface area (Å²) in [5, 5.41) is 6.82. The van der Waals surface area contributed by atoms with Gasteiger partial charge in [0.05, 0.1) is 6.61 Å². The molecule has 1 heterocycles. The Labute approximate surface area is 177 Å². The minimum atomic E-state index is 0.553. The standard InChI is InChI=1S/C23H40N4O2/c1-20-10-11-21(22(18-20)29-17-16-28-3)19-26-23(24-2)25-12-6-4-7-13-27-14-8-5-9-15-27/h10-11,18H,4-9,12-17,19H2,1-3H3,(H2,24,25,26). The predicted molar refractivity (Wildman–Crippen MR) is 121 cm³/mol. The highest BCUT2D eigenvalue weighted by atomic mass is 16.5. The Morgan fingerprint density at radius 3 is 2.66 bits per heavy atom. The van der Waals surface area contributed by atoms with Crippen LogP contribution in [0.1, 0.15) is 49.7 Å². The number of unbranched alkanes of at least 4 members (excludes halogenated alkanes) is 2. The molecule has 0 aliphatic carbocycles. The zero-order valence-electron chi connectivity index (χ0n) is 18.6. The zero-order chi connectivity index (χ0) is 20.7. The van der Waals surface area contributed by atoms with Crippen LogP contribution in [0, 0.1) is 6.92 Å². The summed E-state index contributed by atoms with van der Waals surface area (Å²) in [5.41, 5.74) is 2.31. The fraction of sp³-hybridized carbons (Fsp3) is 0.696. The number of hydrogen-bond acceptors (Lipinski definition) is 4. The third-order valence-electron chi connectivity index (χ3n) is 5.33. The van der Waals surface area contributed by atoms with E-state index in [-0.39, 0.29) is 0 Å². The van der Waals surface area contributed by atoms with Crippen molar-refractivity contribution in [1.82, 2.24) is 15.5 Å². The lowest BCUT2D eigenvalue weighted by Crippen LogP contribution is -2.37. The van der Waals surface area contributed by atoms with Crippen LogP contribution in [0.25, 0.3) is 0 Å². The minimum absolute atomic E-state index is 0.553. The van der Waals surface area contributed by atoms with Crippen molar-refractivity contribution in [3.05, 3.63) is 29.3 Å². The maximum Gasteiger partial charge on any atom is 0.191 e. The Hall–Kier alpha value is -1.79. The van der Waals surface area contributed by atoms with Gasteiger partial charge >= 0.3 is 0 Å². The highest BCUT2D eigenvalue weighted by Gasteiger charge is 2.09. The number of aryl methyl sites for hydroxylation is 1. The molecule has 1 aliphatic rings. The van der Waals surface area contributed by atoms with Gasteiger partial charge in [-0.15, -0.1) is 0 Å². The normalized spacial score (nSPS) is 15.3. The Bertz CT molecular complexity index is 601. The molecule has 1 aromatic rings. The van der Waals surface area contributed by atoms with Gasteiger partial charge in [0.15, 0.2) is 5.96 Å². The Balaban J connectivity index is 1.65. The minimum Gasteiger partial charge on any atom is -0.491 e. The highest BCUT2D eigenvalue weighted by Crippen LogP contribution is 2.20. The molecule has 0 amide bonds. The molecule has 1 aliphatic heterocycles. The average molecular weight is 405 g/mol. The lowest BCUT2D eigenvalue weighted by Gasteiger charge is -2.26. The molecule has 1 saturated heterocycles. The van der Waals surface area contributed by atoms with E-state index in [1.807, 2.05) is 7.05 Å². The highest BCUT2D eigenvalue weighted by molar-refractivity contribution is 5.79. The third kappa shape index (κ3) is 9.50. The molecular weight excluding hydrogens is 364 g/mol. The number of nitrogens with one attached hydrogen (secondary N) is 2. The first-order chi connectivity index (χ1) is 14.2. The van der Waals surface area contributed by atoms with E-state index in [4.69, 9.17) is 9.47 Å². The molecule has 6 nitrogen and oxygen atoms in total. The van der Waals surface area contributed by atoms with Crippen LogP contribution in [-0.4, -0.2) is 64.4 Å².